The number of aliphatic hydroxyl groups excluding tert-OH is 3. The number of nitrogens with zero attached hydrogens (tertiary/aromatic N) is 5. The van der Waals surface area contributed by atoms with E-state index in [9.17, 15) is 53.4 Å². The number of nitrogens with two attached hydrogens (primary N) is 1. The van der Waals surface area contributed by atoms with Gasteiger partial charge in [-0.05, 0) is 13.0 Å². The zero-order valence-electron chi connectivity index (χ0n) is 24.6. The van der Waals surface area contributed by atoms with Crippen molar-refractivity contribution < 1.29 is 80.6 Å². The summed E-state index contributed by atoms with van der Waals surface area (Å²) in [5.41, 5.74) is 6.18. The first kappa shape index (κ1) is 36.7. The number of phosphoric ester groups is 3. The van der Waals surface area contributed by atoms with Gasteiger partial charge < -0.3 is 54.4 Å². The Hall–Kier alpha value is -2.62. The number of carbonyl (C=O) groups is 1. The van der Waals surface area contributed by atoms with Crippen LogP contribution in [0.15, 0.2) is 37.2 Å². The third kappa shape index (κ3) is 8.22. The molecule has 1 aliphatic carbocycles. The number of pyridine rings is 1. The highest BCUT2D eigenvalue weighted by molar-refractivity contribution is 7.59. The highest BCUT2D eigenvalue weighted by Gasteiger charge is 2.50. The molecule has 0 amide bonds. The number of fused-ring (bicyclic) bond motifs is 1. The van der Waals surface area contributed by atoms with Crippen molar-refractivity contribution >= 4 is 46.2 Å². The van der Waals surface area contributed by atoms with Gasteiger partial charge in [0.15, 0.2) is 41.9 Å². The van der Waals surface area contributed by atoms with Gasteiger partial charge >= 0.3 is 7.82 Å². The number of Topliss-reactive ketones (excluding diaryl/α,β-unsaturated/α-hetero) is 1. The molecule has 48 heavy (non-hydrogen) atoms. The second kappa shape index (κ2) is 13.9. The van der Waals surface area contributed by atoms with E-state index >= 15 is 0 Å². The van der Waals surface area contributed by atoms with E-state index in [0.29, 0.717) is 5.56 Å². The lowest BCUT2D eigenvalue weighted by Gasteiger charge is -2.32. The molecule has 2 aliphatic rings. The highest BCUT2D eigenvalue weighted by atomic mass is 31.3. The van der Waals surface area contributed by atoms with Crippen LogP contribution in [0.2, 0.25) is 0 Å². The lowest BCUT2D eigenvalue weighted by atomic mass is 10.1. The smallest absolute Gasteiger partial charge is 0.470 e. The summed E-state index contributed by atoms with van der Waals surface area (Å²) in [5.74, 6) is -1.31. The van der Waals surface area contributed by atoms with Gasteiger partial charge in [0.05, 0.1) is 31.2 Å². The fourth-order valence-electron chi connectivity index (χ4n) is 5.42. The molecule has 0 aromatic carbocycles. The number of ether oxygens (including phenoxy) is 1. The van der Waals surface area contributed by atoms with Gasteiger partial charge in [-0.1, -0.05) is 0 Å². The molecule has 2 fully saturated rings. The first-order valence-electron chi connectivity index (χ1n) is 13.9. The summed E-state index contributed by atoms with van der Waals surface area (Å²) in [4.78, 5) is 67.1. The van der Waals surface area contributed by atoms with E-state index in [4.69, 9.17) is 10.5 Å². The number of hydrogen-bond acceptors (Lipinski definition) is 18. The van der Waals surface area contributed by atoms with Crippen LogP contribution >= 0.6 is 23.5 Å². The second-order valence-electron chi connectivity index (χ2n) is 10.9. The lowest BCUT2D eigenvalue weighted by Crippen LogP contribution is -2.45. The summed E-state index contributed by atoms with van der Waals surface area (Å²) in [6.45, 7) is -0.646. The molecule has 22 nitrogen and oxygen atoms in total. The Kier molecular flexibility index (Phi) is 10.7. The number of imidazole rings is 1. The van der Waals surface area contributed by atoms with Crippen molar-refractivity contribution in [3.63, 3.8) is 0 Å². The molecule has 7 N–H and O–H groups in total. The largest absolute Gasteiger partial charge is 0.756 e. The van der Waals surface area contributed by atoms with Crippen molar-refractivity contribution in [3.8, 4) is 0 Å². The SMILES string of the molecule is CC(=O)c1ccc[n+](C2CC(COP(=O)([O-])OP(=O)([O-])OCC3OC(n4cnc5c(N)ncnc54)C(O)C3OP(=O)(O)O)C(O)C2O)c1. The number of carbonyl (C=O) groups excluding carboxylic acids is 1. The number of rotatable bonds is 13. The fraction of sp³-hybridized carbons (Fsp3) is 0.522. The third-order valence-electron chi connectivity index (χ3n) is 7.66. The summed E-state index contributed by atoms with van der Waals surface area (Å²) >= 11 is 0. The standard InChI is InChI=1S/C23H31N6O16P3/c1-11(30)12-3-2-4-28(6-12)14-5-13(17(31)18(14)32)7-41-47(37,38)45-48(39,40)42-8-15-20(44-46(34,35)36)19(33)23(43-15)29-10-27-16-21(24)25-9-26-22(16)29/h2-4,6,9-10,13-15,17-20,23,31-33H,5,7-8H2,1H3,(H5-,24,25,26,34,35,36,37,38,39,40)/p-1. The van der Waals surface area contributed by atoms with Gasteiger partial charge in [0.2, 0.25) is 0 Å². The van der Waals surface area contributed by atoms with Crippen LogP contribution in [0, 0.1) is 5.92 Å². The highest BCUT2D eigenvalue weighted by Crippen LogP contribution is 2.56. The van der Waals surface area contributed by atoms with E-state index in [1.54, 1.807) is 12.1 Å². The maximum absolute atomic E-state index is 12.5. The van der Waals surface area contributed by atoms with Crippen LogP contribution in [0.3, 0.4) is 0 Å². The first-order chi connectivity index (χ1) is 22.4. The van der Waals surface area contributed by atoms with Crippen molar-refractivity contribution in [2.75, 3.05) is 18.9 Å². The molecule has 0 bridgehead atoms. The van der Waals surface area contributed by atoms with Gasteiger partial charge in [0, 0.05) is 18.4 Å². The number of hydrogen-bond donors (Lipinski definition) is 6. The molecule has 0 spiro atoms. The van der Waals surface area contributed by atoms with Crippen molar-refractivity contribution in [2.24, 2.45) is 5.92 Å². The van der Waals surface area contributed by atoms with Crippen molar-refractivity contribution in [3.05, 3.63) is 42.7 Å². The molecule has 10 unspecified atom stereocenters. The van der Waals surface area contributed by atoms with Crippen LogP contribution in [0.1, 0.15) is 36.0 Å². The maximum atomic E-state index is 12.5. The Balaban J connectivity index is 1.22. The molecular weight excluding hydrogens is 709 g/mol. The zero-order chi connectivity index (χ0) is 35.2. The Morgan fingerprint density at radius 2 is 1.77 bits per heavy atom. The Labute approximate surface area is 270 Å². The van der Waals surface area contributed by atoms with E-state index in [2.05, 4.69) is 32.8 Å². The molecule has 5 rings (SSSR count). The molecule has 1 saturated heterocycles. The molecule has 25 heteroatoms. The van der Waals surface area contributed by atoms with E-state index in [1.165, 1.54) is 23.9 Å². The van der Waals surface area contributed by atoms with Crippen LogP contribution in [-0.2, 0) is 36.3 Å². The quantitative estimate of drug-likeness (QED) is 0.0604. The molecule has 3 aromatic heterocycles. The van der Waals surface area contributed by atoms with Gasteiger partial charge in [-0.15, -0.1) is 0 Å². The average molecular weight is 739 g/mol. The number of nitrogen functional groups attached to an aromatic ring is 1. The van der Waals surface area contributed by atoms with Crippen molar-refractivity contribution in [1.29, 1.82) is 0 Å². The van der Waals surface area contributed by atoms with Crippen LogP contribution in [-0.4, -0.2) is 94.1 Å². The molecule has 1 aliphatic heterocycles. The normalized spacial score (nSPS) is 30.3. The van der Waals surface area contributed by atoms with Crippen LogP contribution < -0.4 is 20.1 Å². The number of ketones is 1. The number of aromatic nitrogens is 5. The summed E-state index contributed by atoms with van der Waals surface area (Å²) in [6, 6.07) is 2.31. The first-order valence-corrected chi connectivity index (χ1v) is 18.3. The van der Waals surface area contributed by atoms with Crippen molar-refractivity contribution in [2.45, 2.75) is 56.1 Å². The molecule has 0 radical (unpaired) electrons. The summed E-state index contributed by atoms with van der Waals surface area (Å²) < 4.78 is 62.7. The second-order valence-corrected chi connectivity index (χ2v) is 15.1. The maximum Gasteiger partial charge on any atom is 0.470 e. The zero-order valence-corrected chi connectivity index (χ0v) is 27.3. The number of aliphatic hydroxyl groups is 3. The molecule has 10 atom stereocenters. The Morgan fingerprint density at radius 1 is 1.08 bits per heavy atom. The van der Waals surface area contributed by atoms with Gasteiger partial charge in [-0.3, -0.25) is 23.0 Å². The average Bonchev–Trinajstić information content (AvgIpc) is 3.64. The Morgan fingerprint density at radius 3 is 2.44 bits per heavy atom. The molecule has 4 heterocycles. The van der Waals surface area contributed by atoms with Crippen LogP contribution in [0.5, 0.6) is 0 Å². The molecule has 3 aromatic rings. The fourth-order valence-corrected chi connectivity index (χ4v) is 8.06. The number of phosphoric acid groups is 3. The van der Waals surface area contributed by atoms with Crippen molar-refractivity contribution in [1.82, 2.24) is 19.5 Å². The third-order valence-corrected chi connectivity index (χ3v) is 10.7. The van der Waals surface area contributed by atoms with Crippen LogP contribution in [0.4, 0.5) is 5.82 Å². The lowest BCUT2D eigenvalue weighted by molar-refractivity contribution is -0.728. The van der Waals surface area contributed by atoms with E-state index in [0.717, 1.165) is 17.2 Å². The summed E-state index contributed by atoms with van der Waals surface area (Å²) in [6.07, 6.45) is -4.87. The summed E-state index contributed by atoms with van der Waals surface area (Å²) in [5, 5.41) is 31.9. The summed E-state index contributed by atoms with van der Waals surface area (Å²) in [7, 11) is -16.9. The van der Waals surface area contributed by atoms with E-state index < -0.39 is 85.4 Å². The predicted molar refractivity (Wildman–Crippen MR) is 151 cm³/mol. The number of anilines is 1. The van der Waals surface area contributed by atoms with Gasteiger partial charge in [-0.2, -0.15) is 4.57 Å². The minimum absolute atomic E-state index is 0.0275. The molecule has 264 valence electrons. The Bertz CT molecular complexity index is 1810. The monoisotopic (exact) mass is 739 g/mol. The minimum Gasteiger partial charge on any atom is -0.756 e. The predicted octanol–water partition coefficient (Wildman–Crippen LogP) is -2.40. The van der Waals surface area contributed by atoms with E-state index in [-0.39, 0.29) is 29.2 Å². The van der Waals surface area contributed by atoms with Gasteiger partial charge in [-0.25, -0.2) is 23.8 Å². The van der Waals surface area contributed by atoms with Gasteiger partial charge in [0.25, 0.3) is 15.6 Å². The topological polar surface area (TPSA) is 335 Å². The molecular formula is C23H30N6O16P3-. The van der Waals surface area contributed by atoms with Gasteiger partial charge in [0.1, 0.15) is 36.3 Å². The van der Waals surface area contributed by atoms with E-state index in [1.807, 2.05) is 0 Å². The van der Waals surface area contributed by atoms with Crippen LogP contribution in [0.25, 0.3) is 11.2 Å². The minimum atomic E-state index is -5.82. The molecule has 1 saturated carbocycles.